The molecular formula is C10H16S5. The molecule has 0 aromatic rings. The number of rotatable bonds is 5. The highest BCUT2D eigenvalue weighted by molar-refractivity contribution is 8.12. The fraction of sp³-hybridized carbons (Fsp3) is 0.600. The van der Waals surface area contributed by atoms with Gasteiger partial charge in [0.1, 0.15) is 0 Å². The quantitative estimate of drug-likeness (QED) is 0.724. The highest BCUT2D eigenvalue weighted by atomic mass is 32.2. The van der Waals surface area contributed by atoms with Gasteiger partial charge in [-0.15, -0.1) is 47.0 Å². The van der Waals surface area contributed by atoms with Crippen LogP contribution >= 0.6 is 58.8 Å². The normalized spacial score (nSPS) is 18.2. The molecule has 0 atom stereocenters. The number of thioether (sulfide) groups is 5. The van der Waals surface area contributed by atoms with Crippen molar-refractivity contribution in [1.82, 2.24) is 0 Å². The minimum absolute atomic E-state index is 0.583. The summed E-state index contributed by atoms with van der Waals surface area (Å²) in [5.41, 5.74) is 0. The second-order valence-electron chi connectivity index (χ2n) is 2.82. The van der Waals surface area contributed by atoms with Crippen LogP contribution < -0.4 is 0 Å². The van der Waals surface area contributed by atoms with Gasteiger partial charge in [0.05, 0.1) is 5.25 Å². The van der Waals surface area contributed by atoms with Gasteiger partial charge in [-0.05, 0) is 31.3 Å². The summed E-state index contributed by atoms with van der Waals surface area (Å²) < 4.78 is 0. The molecule has 1 aliphatic carbocycles. The van der Waals surface area contributed by atoms with E-state index in [0.717, 1.165) is 0 Å². The monoisotopic (exact) mass is 296 g/mol. The first-order valence-corrected chi connectivity index (χ1v) is 10.6. The van der Waals surface area contributed by atoms with Crippen molar-refractivity contribution in [3.05, 3.63) is 19.6 Å². The second-order valence-corrected chi connectivity index (χ2v) is 7.09. The summed E-state index contributed by atoms with van der Waals surface area (Å²) in [4.78, 5) is 6.09. The van der Waals surface area contributed by atoms with Gasteiger partial charge < -0.3 is 0 Å². The lowest BCUT2D eigenvalue weighted by Crippen LogP contribution is -2.01. The largest absolute Gasteiger partial charge is 0.151 e. The topological polar surface area (TPSA) is 0 Å². The van der Waals surface area contributed by atoms with Crippen molar-refractivity contribution in [2.45, 2.75) is 5.25 Å². The predicted octanol–water partition coefficient (Wildman–Crippen LogP) is 4.61. The molecule has 0 unspecified atom stereocenters. The van der Waals surface area contributed by atoms with Crippen molar-refractivity contribution in [3.63, 3.8) is 0 Å². The fourth-order valence-corrected chi connectivity index (χ4v) is 7.72. The Bertz CT molecular complexity index is 264. The molecule has 0 aromatic heterocycles. The average molecular weight is 297 g/mol. The zero-order valence-electron chi connectivity index (χ0n) is 9.62. The Morgan fingerprint density at radius 2 is 1.07 bits per heavy atom. The molecule has 0 spiro atoms. The van der Waals surface area contributed by atoms with E-state index in [9.17, 15) is 0 Å². The fourth-order valence-electron chi connectivity index (χ4n) is 1.58. The highest BCUT2D eigenvalue weighted by Crippen LogP contribution is 2.52. The summed E-state index contributed by atoms with van der Waals surface area (Å²) in [6.45, 7) is 0. The molecule has 0 saturated carbocycles. The van der Waals surface area contributed by atoms with Crippen LogP contribution in [0.2, 0.25) is 0 Å². The zero-order chi connectivity index (χ0) is 11.4. The van der Waals surface area contributed by atoms with Crippen LogP contribution in [0.1, 0.15) is 0 Å². The summed E-state index contributed by atoms with van der Waals surface area (Å²) in [5.74, 6) is 0. The van der Waals surface area contributed by atoms with Crippen LogP contribution in [0.4, 0.5) is 0 Å². The van der Waals surface area contributed by atoms with Crippen molar-refractivity contribution in [3.8, 4) is 0 Å². The third-order valence-electron chi connectivity index (χ3n) is 2.21. The molecule has 86 valence electrons. The summed E-state index contributed by atoms with van der Waals surface area (Å²) in [6.07, 6.45) is 11.0. The lowest BCUT2D eigenvalue weighted by Gasteiger charge is -2.13. The predicted molar refractivity (Wildman–Crippen MR) is 85.4 cm³/mol. The second kappa shape index (κ2) is 6.84. The van der Waals surface area contributed by atoms with E-state index >= 15 is 0 Å². The van der Waals surface area contributed by atoms with E-state index in [1.165, 1.54) is 9.81 Å². The van der Waals surface area contributed by atoms with Crippen molar-refractivity contribution >= 4 is 58.8 Å². The molecule has 5 heteroatoms. The Balaban J connectivity index is 3.17. The molecule has 0 saturated heterocycles. The summed E-state index contributed by atoms with van der Waals surface area (Å²) in [5, 5.41) is 0.583. The van der Waals surface area contributed by atoms with Gasteiger partial charge in [-0.1, -0.05) is 0 Å². The van der Waals surface area contributed by atoms with Crippen molar-refractivity contribution in [1.29, 1.82) is 0 Å². The van der Waals surface area contributed by atoms with Crippen LogP contribution in [0, 0.1) is 0 Å². The molecule has 0 radical (unpaired) electrons. The molecule has 0 heterocycles. The first kappa shape index (κ1) is 14.3. The molecular weight excluding hydrogens is 280 g/mol. The molecule has 0 N–H and O–H groups in total. The maximum Gasteiger partial charge on any atom is 0.0685 e. The van der Waals surface area contributed by atoms with Crippen molar-refractivity contribution in [2.75, 3.05) is 31.3 Å². The SMILES string of the molecule is CSC1=C(SC)C(SC)C(SC)=C1SC. The van der Waals surface area contributed by atoms with Crippen molar-refractivity contribution in [2.24, 2.45) is 0 Å². The molecule has 1 aliphatic rings. The lowest BCUT2D eigenvalue weighted by atomic mass is 10.4. The van der Waals surface area contributed by atoms with Gasteiger partial charge in [-0.3, -0.25) is 0 Å². The molecule has 0 fully saturated rings. The van der Waals surface area contributed by atoms with Gasteiger partial charge in [0.25, 0.3) is 0 Å². The van der Waals surface area contributed by atoms with E-state index in [1.807, 2.05) is 58.8 Å². The lowest BCUT2D eigenvalue weighted by molar-refractivity contribution is 1.41. The van der Waals surface area contributed by atoms with Gasteiger partial charge >= 0.3 is 0 Å². The van der Waals surface area contributed by atoms with E-state index in [-0.39, 0.29) is 0 Å². The molecule has 0 aromatic carbocycles. The summed E-state index contributed by atoms with van der Waals surface area (Å²) in [6, 6.07) is 0. The highest BCUT2D eigenvalue weighted by Gasteiger charge is 2.31. The minimum atomic E-state index is 0.583. The van der Waals surface area contributed by atoms with Gasteiger partial charge in [-0.2, -0.15) is 11.8 Å². The Kier molecular flexibility index (Phi) is 6.52. The third-order valence-corrected chi connectivity index (χ3v) is 7.27. The Labute approximate surface area is 114 Å². The van der Waals surface area contributed by atoms with Crippen LogP contribution in [0.25, 0.3) is 0 Å². The molecule has 0 bridgehead atoms. The molecule has 1 rings (SSSR count). The van der Waals surface area contributed by atoms with Gasteiger partial charge in [0, 0.05) is 19.6 Å². The van der Waals surface area contributed by atoms with Crippen molar-refractivity contribution < 1.29 is 0 Å². The molecule has 0 nitrogen and oxygen atoms in total. The van der Waals surface area contributed by atoms with Crippen LogP contribution in [-0.2, 0) is 0 Å². The Morgan fingerprint density at radius 3 is 1.27 bits per heavy atom. The number of hydrogen-bond acceptors (Lipinski definition) is 5. The van der Waals surface area contributed by atoms with Gasteiger partial charge in [-0.25, -0.2) is 0 Å². The number of hydrogen-bond donors (Lipinski definition) is 0. The van der Waals surface area contributed by atoms with Gasteiger partial charge in [0.15, 0.2) is 0 Å². The smallest absolute Gasteiger partial charge is 0.0685 e. The molecule has 15 heavy (non-hydrogen) atoms. The first-order valence-electron chi connectivity index (χ1n) is 4.42. The third kappa shape index (κ3) is 2.73. The summed E-state index contributed by atoms with van der Waals surface area (Å²) in [7, 11) is 0. The summed E-state index contributed by atoms with van der Waals surface area (Å²) >= 11 is 9.54. The van der Waals surface area contributed by atoms with Crippen LogP contribution in [0.3, 0.4) is 0 Å². The van der Waals surface area contributed by atoms with E-state index in [1.54, 1.807) is 9.81 Å². The van der Waals surface area contributed by atoms with Gasteiger partial charge in [0.2, 0.25) is 0 Å². The Morgan fingerprint density at radius 1 is 0.667 bits per heavy atom. The van der Waals surface area contributed by atoms with Crippen LogP contribution in [-0.4, -0.2) is 36.5 Å². The molecule has 0 amide bonds. The maximum absolute atomic E-state index is 2.21. The minimum Gasteiger partial charge on any atom is -0.151 e. The van der Waals surface area contributed by atoms with Crippen LogP contribution in [0.15, 0.2) is 19.6 Å². The van der Waals surface area contributed by atoms with Crippen LogP contribution in [0.5, 0.6) is 0 Å². The van der Waals surface area contributed by atoms with E-state index in [0.29, 0.717) is 5.25 Å². The first-order chi connectivity index (χ1) is 7.24. The Hall–Kier alpha value is 1.23. The van der Waals surface area contributed by atoms with E-state index in [2.05, 4.69) is 31.3 Å². The zero-order valence-corrected chi connectivity index (χ0v) is 13.7. The average Bonchev–Trinajstić information content (AvgIpc) is 2.59. The maximum atomic E-state index is 2.21. The standard InChI is InChI=1S/C10H16S5/c1-11-6-7(12-2)9(14-4)10(15-5)8(6)13-3/h6H,1-5H3. The van der Waals surface area contributed by atoms with E-state index < -0.39 is 0 Å². The van der Waals surface area contributed by atoms with E-state index in [4.69, 9.17) is 0 Å². The molecule has 0 aliphatic heterocycles.